The van der Waals surface area contributed by atoms with Crippen LogP contribution in [0.3, 0.4) is 0 Å². The maximum absolute atomic E-state index is 12.2. The van der Waals surface area contributed by atoms with Gasteiger partial charge >= 0.3 is 0 Å². The van der Waals surface area contributed by atoms with Gasteiger partial charge in [0, 0.05) is 41.9 Å². The Balaban J connectivity index is 1.42. The zero-order chi connectivity index (χ0) is 14.2. The average Bonchev–Trinajstić information content (AvgIpc) is 3.09. The van der Waals surface area contributed by atoms with Crippen molar-refractivity contribution in [1.82, 2.24) is 10.2 Å². The van der Waals surface area contributed by atoms with E-state index in [1.54, 1.807) is 11.3 Å². The number of hydrogen-bond donors (Lipinski definition) is 1. The summed E-state index contributed by atoms with van der Waals surface area (Å²) < 4.78 is 5.68. The lowest BCUT2D eigenvalue weighted by molar-refractivity contribution is -0.128. The van der Waals surface area contributed by atoms with Crippen molar-refractivity contribution < 1.29 is 9.53 Å². The Morgan fingerprint density at radius 1 is 1.43 bits per heavy atom. The molecule has 3 aliphatic rings. The van der Waals surface area contributed by atoms with Gasteiger partial charge in [-0.15, -0.1) is 11.3 Å². The molecule has 5 heteroatoms. The normalized spacial score (nSPS) is 32.9. The fraction of sp³-hybridized carbons (Fsp3) is 0.688. The molecule has 21 heavy (non-hydrogen) atoms. The second-order valence-electron chi connectivity index (χ2n) is 6.52. The minimum absolute atomic E-state index is 0.269. The number of nitrogens with zero attached hydrogens (tertiary/aromatic N) is 1. The van der Waals surface area contributed by atoms with Crippen molar-refractivity contribution in [3.05, 3.63) is 22.4 Å². The van der Waals surface area contributed by atoms with Crippen LogP contribution < -0.4 is 5.32 Å². The molecule has 0 spiro atoms. The first-order valence-electron chi connectivity index (χ1n) is 7.96. The Hall–Kier alpha value is -0.910. The first kappa shape index (κ1) is 13.7. The molecular weight excluding hydrogens is 284 g/mol. The Morgan fingerprint density at radius 2 is 2.33 bits per heavy atom. The molecule has 0 aromatic carbocycles. The third kappa shape index (κ3) is 2.62. The van der Waals surface area contributed by atoms with Gasteiger partial charge < -0.3 is 10.1 Å². The molecule has 3 heterocycles. The zero-order valence-corrected chi connectivity index (χ0v) is 13.0. The van der Waals surface area contributed by atoms with Crippen molar-refractivity contribution in [3.63, 3.8) is 0 Å². The standard InChI is InChI=1S/C16H22N2O2S/c19-16(11-3-1-4-11)17-14-8-18(7-12-5-2-6-21-12)15-10-20-9-13(14)15/h2,5-6,11,13-15H,1,3-4,7-10H2,(H,17,19)/t13-,14-,15-/m1/s1. The van der Waals surface area contributed by atoms with Crippen LogP contribution in [-0.4, -0.2) is 42.6 Å². The number of likely N-dealkylation sites (tertiary alicyclic amines) is 1. The third-order valence-corrected chi connectivity index (χ3v) is 6.11. The van der Waals surface area contributed by atoms with Crippen molar-refractivity contribution in [2.24, 2.45) is 11.8 Å². The maximum Gasteiger partial charge on any atom is 0.223 e. The van der Waals surface area contributed by atoms with E-state index in [4.69, 9.17) is 4.74 Å². The summed E-state index contributed by atoms with van der Waals surface area (Å²) in [7, 11) is 0. The number of carbonyl (C=O) groups excluding carboxylic acids is 1. The number of nitrogens with one attached hydrogen (secondary N) is 1. The number of carbonyl (C=O) groups is 1. The molecule has 1 saturated carbocycles. The summed E-state index contributed by atoms with van der Waals surface area (Å²) in [5.74, 6) is 1.01. The fourth-order valence-electron chi connectivity index (χ4n) is 3.75. The predicted octanol–water partition coefficient (Wildman–Crippen LogP) is 1.86. The quantitative estimate of drug-likeness (QED) is 0.923. The summed E-state index contributed by atoms with van der Waals surface area (Å²) >= 11 is 1.81. The SMILES string of the molecule is O=C(N[C@@H]1CN(Cc2cccs2)[C@@H]2COC[C@@H]21)C1CCC1. The molecule has 0 bridgehead atoms. The van der Waals surface area contributed by atoms with E-state index in [0.717, 1.165) is 39.1 Å². The van der Waals surface area contributed by atoms with E-state index in [1.807, 2.05) is 0 Å². The lowest BCUT2D eigenvalue weighted by Crippen LogP contribution is -2.45. The monoisotopic (exact) mass is 306 g/mol. The Morgan fingerprint density at radius 3 is 3.05 bits per heavy atom. The number of rotatable bonds is 4. The summed E-state index contributed by atoms with van der Waals surface area (Å²) in [5, 5.41) is 5.43. The van der Waals surface area contributed by atoms with Gasteiger partial charge in [0.15, 0.2) is 0 Å². The van der Waals surface area contributed by atoms with E-state index in [0.29, 0.717) is 12.0 Å². The third-order valence-electron chi connectivity index (χ3n) is 5.25. The van der Waals surface area contributed by atoms with E-state index < -0.39 is 0 Å². The van der Waals surface area contributed by atoms with Crippen LogP contribution in [0.15, 0.2) is 17.5 Å². The summed E-state index contributed by atoms with van der Waals surface area (Å²) in [6.45, 7) is 3.56. The van der Waals surface area contributed by atoms with Gasteiger partial charge in [0.05, 0.1) is 13.2 Å². The van der Waals surface area contributed by atoms with Crippen molar-refractivity contribution in [3.8, 4) is 0 Å². The van der Waals surface area contributed by atoms with Crippen molar-refractivity contribution >= 4 is 17.2 Å². The highest BCUT2D eigenvalue weighted by Gasteiger charge is 2.46. The van der Waals surface area contributed by atoms with Gasteiger partial charge in [0.2, 0.25) is 5.91 Å². The summed E-state index contributed by atoms with van der Waals surface area (Å²) in [5.41, 5.74) is 0. The topological polar surface area (TPSA) is 41.6 Å². The lowest BCUT2D eigenvalue weighted by atomic mass is 9.84. The largest absolute Gasteiger partial charge is 0.379 e. The minimum atomic E-state index is 0.269. The molecule has 1 N–H and O–H groups in total. The van der Waals surface area contributed by atoms with Gasteiger partial charge in [-0.05, 0) is 24.3 Å². The first-order valence-corrected chi connectivity index (χ1v) is 8.84. The van der Waals surface area contributed by atoms with Gasteiger partial charge in [-0.1, -0.05) is 12.5 Å². The van der Waals surface area contributed by atoms with Gasteiger partial charge in [-0.25, -0.2) is 0 Å². The van der Waals surface area contributed by atoms with Crippen LogP contribution in [-0.2, 0) is 16.1 Å². The highest BCUT2D eigenvalue weighted by atomic mass is 32.1. The summed E-state index contributed by atoms with van der Waals surface area (Å²) in [6, 6.07) is 5.04. The smallest absolute Gasteiger partial charge is 0.223 e. The second kappa shape index (κ2) is 5.71. The molecule has 3 fully saturated rings. The molecule has 2 aliphatic heterocycles. The molecule has 3 atom stereocenters. The fourth-order valence-corrected chi connectivity index (χ4v) is 4.48. The van der Waals surface area contributed by atoms with E-state index in [2.05, 4.69) is 27.7 Å². The molecule has 0 unspecified atom stereocenters. The molecule has 2 saturated heterocycles. The average molecular weight is 306 g/mol. The molecule has 4 rings (SSSR count). The van der Waals surface area contributed by atoms with Crippen LogP contribution >= 0.6 is 11.3 Å². The Kier molecular flexibility index (Phi) is 3.73. The molecule has 0 radical (unpaired) electrons. The number of fused-ring (bicyclic) bond motifs is 1. The van der Waals surface area contributed by atoms with Gasteiger partial charge in [0.1, 0.15) is 0 Å². The van der Waals surface area contributed by atoms with Crippen molar-refractivity contribution in [2.75, 3.05) is 19.8 Å². The van der Waals surface area contributed by atoms with Crippen molar-refractivity contribution in [1.29, 1.82) is 0 Å². The van der Waals surface area contributed by atoms with Gasteiger partial charge in [0.25, 0.3) is 0 Å². The first-order chi connectivity index (χ1) is 10.3. The highest BCUT2D eigenvalue weighted by molar-refractivity contribution is 7.09. The Labute approximate surface area is 129 Å². The van der Waals surface area contributed by atoms with Crippen LogP contribution in [0.5, 0.6) is 0 Å². The molecule has 1 aromatic rings. The Bertz CT molecular complexity index is 500. The molecule has 1 aromatic heterocycles. The minimum Gasteiger partial charge on any atom is -0.379 e. The molecule has 114 valence electrons. The van der Waals surface area contributed by atoms with Crippen LogP contribution in [0, 0.1) is 11.8 Å². The van der Waals surface area contributed by atoms with E-state index in [9.17, 15) is 4.79 Å². The van der Waals surface area contributed by atoms with Crippen LogP contribution in [0.2, 0.25) is 0 Å². The van der Waals surface area contributed by atoms with Crippen LogP contribution in [0.25, 0.3) is 0 Å². The number of thiophene rings is 1. The van der Waals surface area contributed by atoms with Gasteiger partial charge in [-0.3, -0.25) is 9.69 Å². The second-order valence-corrected chi connectivity index (χ2v) is 7.55. The zero-order valence-electron chi connectivity index (χ0n) is 12.2. The van der Waals surface area contributed by atoms with Crippen LogP contribution in [0.4, 0.5) is 0 Å². The number of amides is 1. The maximum atomic E-state index is 12.2. The highest BCUT2D eigenvalue weighted by Crippen LogP contribution is 2.33. The van der Waals surface area contributed by atoms with Crippen LogP contribution in [0.1, 0.15) is 24.1 Å². The van der Waals surface area contributed by atoms with E-state index in [1.165, 1.54) is 11.3 Å². The lowest BCUT2D eigenvalue weighted by Gasteiger charge is -2.27. The molecule has 1 aliphatic carbocycles. The molecule has 4 nitrogen and oxygen atoms in total. The summed E-state index contributed by atoms with van der Waals surface area (Å²) in [4.78, 5) is 16.1. The molecule has 1 amide bonds. The molecular formula is C16H22N2O2S. The van der Waals surface area contributed by atoms with Gasteiger partial charge in [-0.2, -0.15) is 0 Å². The van der Waals surface area contributed by atoms with E-state index >= 15 is 0 Å². The van der Waals surface area contributed by atoms with Crippen molar-refractivity contribution in [2.45, 2.75) is 37.9 Å². The number of ether oxygens (including phenoxy) is 1. The van der Waals surface area contributed by atoms with E-state index in [-0.39, 0.29) is 17.9 Å². The number of hydrogen-bond acceptors (Lipinski definition) is 4. The summed E-state index contributed by atoms with van der Waals surface area (Å²) in [6.07, 6.45) is 3.35. The predicted molar refractivity (Wildman–Crippen MR) is 82.1 cm³/mol.